The van der Waals surface area contributed by atoms with Crippen molar-refractivity contribution in [2.75, 3.05) is 7.11 Å². The highest BCUT2D eigenvalue weighted by molar-refractivity contribution is 6.31. The Morgan fingerprint density at radius 1 is 1.19 bits per heavy atom. The van der Waals surface area contributed by atoms with Gasteiger partial charge in [0.1, 0.15) is 22.8 Å². The molecule has 2 aromatic carbocycles. The molecule has 0 radical (unpaired) electrons. The van der Waals surface area contributed by atoms with Gasteiger partial charge in [0.15, 0.2) is 0 Å². The smallest absolute Gasteiger partial charge is 0.339 e. The number of carboxylic acid groups (broad SMARTS) is 1. The molecule has 21 heavy (non-hydrogen) atoms. The average molecular weight is 307 g/mol. The number of aromatic carboxylic acids is 1. The number of carbonyl (C=O) groups is 1. The van der Waals surface area contributed by atoms with Gasteiger partial charge in [0.05, 0.1) is 7.11 Å². The molecule has 0 atom stereocenters. The van der Waals surface area contributed by atoms with Gasteiger partial charge in [-0.15, -0.1) is 0 Å². The van der Waals surface area contributed by atoms with Gasteiger partial charge in [0.2, 0.25) is 0 Å². The Morgan fingerprint density at radius 3 is 2.52 bits per heavy atom. The Balaban J connectivity index is 2.40. The van der Waals surface area contributed by atoms with Crippen molar-refractivity contribution in [3.8, 4) is 17.2 Å². The molecule has 0 aliphatic heterocycles. The number of carboxylic acids is 1. The number of aryl methyl sites for hydroxylation is 1. The Bertz CT molecular complexity index is 667. The van der Waals surface area contributed by atoms with Crippen LogP contribution >= 0.6 is 11.6 Å². The Labute approximate surface area is 127 Å². The summed E-state index contributed by atoms with van der Waals surface area (Å²) in [7, 11) is 1.51. The highest BCUT2D eigenvalue weighted by Gasteiger charge is 2.14. The van der Waals surface area contributed by atoms with Crippen LogP contribution in [0.25, 0.3) is 0 Å². The van der Waals surface area contributed by atoms with Crippen molar-refractivity contribution in [2.24, 2.45) is 0 Å². The van der Waals surface area contributed by atoms with Crippen LogP contribution in [0.1, 0.15) is 22.8 Å². The van der Waals surface area contributed by atoms with Crippen LogP contribution in [0.5, 0.6) is 17.2 Å². The molecule has 2 rings (SSSR count). The summed E-state index contributed by atoms with van der Waals surface area (Å²) in [6.07, 6.45) is 0.764. The van der Waals surface area contributed by atoms with Gasteiger partial charge in [-0.05, 0) is 42.3 Å². The van der Waals surface area contributed by atoms with E-state index in [-0.39, 0.29) is 11.3 Å². The molecule has 0 fully saturated rings. The third kappa shape index (κ3) is 3.47. The molecule has 5 heteroatoms. The summed E-state index contributed by atoms with van der Waals surface area (Å²) in [5.74, 6) is 0.232. The Hall–Kier alpha value is -2.20. The molecular formula is C16H15ClO4. The summed E-state index contributed by atoms with van der Waals surface area (Å²) in [6, 6.07) is 9.81. The number of methoxy groups -OCH3 is 1. The van der Waals surface area contributed by atoms with Gasteiger partial charge >= 0.3 is 5.97 Å². The molecular weight excluding hydrogens is 292 g/mol. The van der Waals surface area contributed by atoms with Crippen LogP contribution in [0.4, 0.5) is 0 Å². The zero-order valence-electron chi connectivity index (χ0n) is 11.7. The predicted octanol–water partition coefficient (Wildman–Crippen LogP) is 4.40. The first-order valence-corrected chi connectivity index (χ1v) is 6.80. The van der Waals surface area contributed by atoms with Crippen LogP contribution in [0, 0.1) is 0 Å². The van der Waals surface area contributed by atoms with Crippen molar-refractivity contribution in [3.63, 3.8) is 0 Å². The maximum atomic E-state index is 11.2. The van der Waals surface area contributed by atoms with Crippen molar-refractivity contribution in [2.45, 2.75) is 13.3 Å². The highest BCUT2D eigenvalue weighted by Crippen LogP contribution is 2.31. The second kappa shape index (κ2) is 6.50. The number of hydrogen-bond donors (Lipinski definition) is 1. The van der Waals surface area contributed by atoms with E-state index in [1.54, 1.807) is 30.3 Å². The van der Waals surface area contributed by atoms with Crippen molar-refractivity contribution < 1.29 is 19.4 Å². The first-order chi connectivity index (χ1) is 10.0. The van der Waals surface area contributed by atoms with Crippen LogP contribution in [0.15, 0.2) is 36.4 Å². The maximum absolute atomic E-state index is 11.2. The summed E-state index contributed by atoms with van der Waals surface area (Å²) in [5, 5.41) is 9.87. The molecule has 0 spiro atoms. The van der Waals surface area contributed by atoms with Gasteiger partial charge < -0.3 is 14.6 Å². The van der Waals surface area contributed by atoms with E-state index in [1.807, 2.05) is 6.92 Å². The van der Waals surface area contributed by atoms with Crippen molar-refractivity contribution in [1.82, 2.24) is 0 Å². The lowest BCUT2D eigenvalue weighted by Crippen LogP contribution is -2.00. The number of ether oxygens (including phenoxy) is 2. The Morgan fingerprint density at radius 2 is 1.90 bits per heavy atom. The van der Waals surface area contributed by atoms with Crippen molar-refractivity contribution in [1.29, 1.82) is 0 Å². The standard InChI is InChI=1S/C16H15ClO4/c1-3-10-8-12(5-7-14(10)17)21-15-9-11(20-2)4-6-13(15)16(18)19/h4-9H,3H2,1-2H3,(H,18,19). The fourth-order valence-corrected chi connectivity index (χ4v) is 2.15. The lowest BCUT2D eigenvalue weighted by Gasteiger charge is -2.12. The normalized spacial score (nSPS) is 10.2. The summed E-state index contributed by atoms with van der Waals surface area (Å²) < 4.78 is 10.8. The molecule has 0 heterocycles. The van der Waals surface area contributed by atoms with Crippen molar-refractivity contribution >= 4 is 17.6 Å². The third-order valence-corrected chi connectivity index (χ3v) is 3.41. The van der Waals surface area contributed by atoms with E-state index in [0.29, 0.717) is 16.5 Å². The number of benzene rings is 2. The Kier molecular flexibility index (Phi) is 4.70. The average Bonchev–Trinajstić information content (AvgIpc) is 2.48. The van der Waals surface area contributed by atoms with Crippen molar-refractivity contribution in [3.05, 3.63) is 52.5 Å². The number of hydrogen-bond acceptors (Lipinski definition) is 3. The van der Waals surface area contributed by atoms with E-state index in [1.165, 1.54) is 13.2 Å². The van der Waals surface area contributed by atoms with Crippen LogP contribution < -0.4 is 9.47 Å². The first kappa shape index (κ1) is 15.2. The first-order valence-electron chi connectivity index (χ1n) is 6.42. The van der Waals surface area contributed by atoms with E-state index in [0.717, 1.165) is 12.0 Å². The van der Waals surface area contributed by atoms with E-state index in [2.05, 4.69) is 0 Å². The van der Waals surface area contributed by atoms with E-state index < -0.39 is 5.97 Å². The number of halogens is 1. The minimum absolute atomic E-state index is 0.0730. The minimum Gasteiger partial charge on any atom is -0.497 e. The summed E-state index contributed by atoms with van der Waals surface area (Å²) in [4.78, 5) is 11.2. The minimum atomic E-state index is -1.06. The molecule has 0 bridgehead atoms. The molecule has 0 amide bonds. The molecule has 0 aliphatic carbocycles. The second-order valence-electron chi connectivity index (χ2n) is 4.38. The maximum Gasteiger partial charge on any atom is 0.339 e. The summed E-state index contributed by atoms with van der Waals surface area (Å²) in [5.41, 5.74) is 1.01. The highest BCUT2D eigenvalue weighted by atomic mass is 35.5. The van der Waals surface area contributed by atoms with Gasteiger partial charge in [-0.3, -0.25) is 0 Å². The van der Waals surface area contributed by atoms with E-state index in [4.69, 9.17) is 21.1 Å². The lowest BCUT2D eigenvalue weighted by atomic mass is 10.1. The number of rotatable bonds is 5. The van der Waals surface area contributed by atoms with Gasteiger partial charge in [-0.2, -0.15) is 0 Å². The zero-order chi connectivity index (χ0) is 15.4. The molecule has 0 saturated heterocycles. The fraction of sp³-hybridized carbons (Fsp3) is 0.188. The van der Waals surface area contributed by atoms with Crippen LogP contribution in [0.3, 0.4) is 0 Å². The van der Waals surface area contributed by atoms with Crippen LogP contribution in [-0.4, -0.2) is 18.2 Å². The summed E-state index contributed by atoms with van der Waals surface area (Å²) in [6.45, 7) is 1.99. The second-order valence-corrected chi connectivity index (χ2v) is 4.78. The predicted molar refractivity (Wildman–Crippen MR) is 80.9 cm³/mol. The van der Waals surface area contributed by atoms with Gasteiger partial charge in [0.25, 0.3) is 0 Å². The van der Waals surface area contributed by atoms with E-state index >= 15 is 0 Å². The monoisotopic (exact) mass is 306 g/mol. The quantitative estimate of drug-likeness (QED) is 0.889. The van der Waals surface area contributed by atoms with Gasteiger partial charge in [-0.1, -0.05) is 18.5 Å². The fourth-order valence-electron chi connectivity index (χ4n) is 1.90. The largest absolute Gasteiger partial charge is 0.497 e. The van der Waals surface area contributed by atoms with E-state index in [9.17, 15) is 9.90 Å². The summed E-state index contributed by atoms with van der Waals surface area (Å²) >= 11 is 6.06. The molecule has 1 N–H and O–H groups in total. The lowest BCUT2D eigenvalue weighted by molar-refractivity contribution is 0.0694. The molecule has 0 saturated carbocycles. The molecule has 2 aromatic rings. The third-order valence-electron chi connectivity index (χ3n) is 3.05. The van der Waals surface area contributed by atoms with Crippen LogP contribution in [0.2, 0.25) is 5.02 Å². The molecule has 110 valence electrons. The molecule has 0 aromatic heterocycles. The van der Waals surface area contributed by atoms with Crippen LogP contribution in [-0.2, 0) is 6.42 Å². The van der Waals surface area contributed by atoms with Gasteiger partial charge in [-0.25, -0.2) is 4.79 Å². The molecule has 0 unspecified atom stereocenters. The molecule has 4 nitrogen and oxygen atoms in total. The SMILES string of the molecule is CCc1cc(Oc2cc(OC)ccc2C(=O)O)ccc1Cl. The van der Waals surface area contributed by atoms with Gasteiger partial charge in [0, 0.05) is 11.1 Å². The zero-order valence-corrected chi connectivity index (χ0v) is 12.5. The molecule has 0 aliphatic rings. The topological polar surface area (TPSA) is 55.8 Å².